The summed E-state index contributed by atoms with van der Waals surface area (Å²) in [4.78, 5) is 8.94. The molecule has 0 radical (unpaired) electrons. The topological polar surface area (TPSA) is 39.9 Å². The Morgan fingerprint density at radius 2 is 1.89 bits per heavy atom. The van der Waals surface area contributed by atoms with Gasteiger partial charge in [-0.25, -0.2) is 9.37 Å². The van der Waals surface area contributed by atoms with Crippen LogP contribution in [0.15, 0.2) is 72.1 Å². The van der Waals surface area contributed by atoms with Gasteiger partial charge in [0.25, 0.3) is 0 Å². The molecule has 2 heterocycles. The average Bonchev–Trinajstić information content (AvgIpc) is 3.06. The fraction of sp³-hybridized carbons (Fsp3) is 0.143. The SMILES string of the molecule is COc1ccc(CSc2nc3ccncc3n2Cc2ccccc2F)cc1. The van der Waals surface area contributed by atoms with Crippen LogP contribution < -0.4 is 4.74 Å². The first-order chi connectivity index (χ1) is 13.2. The van der Waals surface area contributed by atoms with E-state index in [1.54, 1.807) is 43.4 Å². The second kappa shape index (κ2) is 7.80. The molecular formula is C21H18FN3OS. The zero-order chi connectivity index (χ0) is 18.6. The normalized spacial score (nSPS) is 11.0. The van der Waals surface area contributed by atoms with Crippen molar-refractivity contribution in [3.05, 3.63) is 83.9 Å². The van der Waals surface area contributed by atoms with Gasteiger partial charge >= 0.3 is 0 Å². The summed E-state index contributed by atoms with van der Waals surface area (Å²) in [6.45, 7) is 0.416. The molecule has 0 unspecified atom stereocenters. The second-order valence-electron chi connectivity index (χ2n) is 6.07. The lowest BCUT2D eigenvalue weighted by molar-refractivity contribution is 0.414. The maximum atomic E-state index is 14.2. The highest BCUT2D eigenvalue weighted by molar-refractivity contribution is 7.98. The quantitative estimate of drug-likeness (QED) is 0.446. The number of methoxy groups -OCH3 is 1. The van der Waals surface area contributed by atoms with E-state index < -0.39 is 0 Å². The predicted molar refractivity (Wildman–Crippen MR) is 106 cm³/mol. The lowest BCUT2D eigenvalue weighted by Gasteiger charge is -2.10. The highest BCUT2D eigenvalue weighted by atomic mass is 32.2. The summed E-state index contributed by atoms with van der Waals surface area (Å²) in [5.41, 5.74) is 3.56. The van der Waals surface area contributed by atoms with Gasteiger partial charge in [0.1, 0.15) is 11.6 Å². The zero-order valence-corrected chi connectivity index (χ0v) is 15.6. The van der Waals surface area contributed by atoms with E-state index in [2.05, 4.69) is 4.98 Å². The Hall–Kier alpha value is -2.86. The maximum absolute atomic E-state index is 14.2. The van der Waals surface area contributed by atoms with Crippen LogP contribution in [0, 0.1) is 5.82 Å². The third-order valence-corrected chi connectivity index (χ3v) is 5.38. The van der Waals surface area contributed by atoms with Crippen molar-refractivity contribution in [2.75, 3.05) is 7.11 Å². The van der Waals surface area contributed by atoms with Gasteiger partial charge in [0, 0.05) is 17.5 Å². The van der Waals surface area contributed by atoms with Crippen LogP contribution in [-0.4, -0.2) is 21.6 Å². The number of nitrogens with zero attached hydrogens (tertiary/aromatic N) is 3. The average molecular weight is 379 g/mol. The first-order valence-corrected chi connectivity index (χ1v) is 9.52. The standard InChI is InChI=1S/C21H18FN3OS/c1-26-17-8-6-15(7-9-17)14-27-21-24-19-10-11-23-12-20(19)25(21)13-16-4-2-3-5-18(16)22/h2-12H,13-14H2,1H3. The number of benzene rings is 2. The van der Waals surface area contributed by atoms with E-state index in [0.717, 1.165) is 27.7 Å². The Kier molecular flexibility index (Phi) is 5.07. The Balaban J connectivity index is 1.64. The summed E-state index contributed by atoms with van der Waals surface area (Å²) in [7, 11) is 1.66. The largest absolute Gasteiger partial charge is 0.497 e. The summed E-state index contributed by atoms with van der Waals surface area (Å²) >= 11 is 1.63. The maximum Gasteiger partial charge on any atom is 0.169 e. The zero-order valence-electron chi connectivity index (χ0n) is 14.8. The van der Waals surface area contributed by atoms with Gasteiger partial charge in [-0.1, -0.05) is 42.1 Å². The third-order valence-electron chi connectivity index (χ3n) is 4.33. The molecule has 0 saturated heterocycles. The van der Waals surface area contributed by atoms with Gasteiger partial charge in [-0.15, -0.1) is 0 Å². The van der Waals surface area contributed by atoms with Crippen LogP contribution in [0.2, 0.25) is 0 Å². The number of aromatic nitrogens is 3. The third kappa shape index (κ3) is 3.80. The fourth-order valence-electron chi connectivity index (χ4n) is 2.88. The van der Waals surface area contributed by atoms with E-state index in [4.69, 9.17) is 9.72 Å². The van der Waals surface area contributed by atoms with Crippen molar-refractivity contribution in [1.82, 2.24) is 14.5 Å². The highest BCUT2D eigenvalue weighted by Crippen LogP contribution is 2.28. The molecule has 2 aromatic carbocycles. The molecule has 0 amide bonds. The number of thioether (sulfide) groups is 1. The molecule has 4 rings (SSSR count). The minimum absolute atomic E-state index is 0.214. The van der Waals surface area contributed by atoms with Crippen molar-refractivity contribution >= 4 is 22.8 Å². The van der Waals surface area contributed by atoms with E-state index in [-0.39, 0.29) is 5.82 Å². The number of imidazole rings is 1. The Morgan fingerprint density at radius 1 is 1.07 bits per heavy atom. The Morgan fingerprint density at radius 3 is 2.67 bits per heavy atom. The molecule has 27 heavy (non-hydrogen) atoms. The molecule has 0 atom stereocenters. The van der Waals surface area contributed by atoms with Gasteiger partial charge in [-0.2, -0.15) is 0 Å². The van der Waals surface area contributed by atoms with Crippen molar-refractivity contribution in [1.29, 1.82) is 0 Å². The summed E-state index contributed by atoms with van der Waals surface area (Å²) in [5, 5.41) is 0.845. The van der Waals surface area contributed by atoms with Crippen molar-refractivity contribution in [3.63, 3.8) is 0 Å². The molecule has 4 aromatic rings. The molecule has 0 aliphatic carbocycles. The van der Waals surface area contributed by atoms with Crippen LogP contribution in [-0.2, 0) is 12.3 Å². The van der Waals surface area contributed by atoms with E-state index in [0.29, 0.717) is 12.1 Å². The molecule has 6 heteroatoms. The Labute approximate surface area is 161 Å². The number of rotatable bonds is 6. The minimum Gasteiger partial charge on any atom is -0.497 e. The summed E-state index contributed by atoms with van der Waals surface area (Å²) in [5.74, 6) is 1.38. The van der Waals surface area contributed by atoms with Gasteiger partial charge < -0.3 is 9.30 Å². The van der Waals surface area contributed by atoms with E-state index in [1.807, 2.05) is 41.0 Å². The number of hydrogen-bond donors (Lipinski definition) is 0. The number of fused-ring (bicyclic) bond motifs is 1. The summed E-state index contributed by atoms with van der Waals surface area (Å²) in [6, 6.07) is 16.7. The van der Waals surface area contributed by atoms with Crippen LogP contribution in [0.1, 0.15) is 11.1 Å². The molecular weight excluding hydrogens is 361 g/mol. The molecule has 2 aromatic heterocycles. The van der Waals surface area contributed by atoms with E-state index >= 15 is 0 Å². The van der Waals surface area contributed by atoms with Crippen molar-refractivity contribution in [3.8, 4) is 5.75 Å². The molecule has 0 saturated carbocycles. The first-order valence-electron chi connectivity index (χ1n) is 8.54. The monoisotopic (exact) mass is 379 g/mol. The van der Waals surface area contributed by atoms with Crippen LogP contribution >= 0.6 is 11.8 Å². The predicted octanol–water partition coefficient (Wildman–Crippen LogP) is 4.92. The number of pyridine rings is 1. The summed E-state index contributed by atoms with van der Waals surface area (Å²) in [6.07, 6.45) is 3.50. The lowest BCUT2D eigenvalue weighted by atomic mass is 10.2. The van der Waals surface area contributed by atoms with Gasteiger partial charge in [0.05, 0.1) is 30.9 Å². The lowest BCUT2D eigenvalue weighted by Crippen LogP contribution is -2.03. The molecule has 0 aliphatic heterocycles. The summed E-state index contributed by atoms with van der Waals surface area (Å²) < 4.78 is 21.4. The van der Waals surface area contributed by atoms with E-state index in [1.165, 1.54) is 11.6 Å². The number of ether oxygens (including phenoxy) is 1. The van der Waals surface area contributed by atoms with Gasteiger partial charge in [-0.3, -0.25) is 4.98 Å². The van der Waals surface area contributed by atoms with Crippen LogP contribution in [0.4, 0.5) is 4.39 Å². The molecule has 0 N–H and O–H groups in total. The van der Waals surface area contributed by atoms with Gasteiger partial charge in [0.15, 0.2) is 5.16 Å². The van der Waals surface area contributed by atoms with Crippen LogP contribution in [0.5, 0.6) is 5.75 Å². The smallest absolute Gasteiger partial charge is 0.169 e. The Bertz CT molecular complexity index is 1060. The van der Waals surface area contributed by atoms with Crippen molar-refractivity contribution < 1.29 is 9.13 Å². The second-order valence-corrected chi connectivity index (χ2v) is 7.02. The van der Waals surface area contributed by atoms with Crippen LogP contribution in [0.25, 0.3) is 11.0 Å². The molecule has 0 aliphatic rings. The minimum atomic E-state index is -0.214. The number of halogens is 1. The van der Waals surface area contributed by atoms with Crippen molar-refractivity contribution in [2.45, 2.75) is 17.5 Å². The van der Waals surface area contributed by atoms with Crippen LogP contribution in [0.3, 0.4) is 0 Å². The number of hydrogen-bond acceptors (Lipinski definition) is 4. The van der Waals surface area contributed by atoms with Crippen molar-refractivity contribution in [2.24, 2.45) is 0 Å². The molecule has 0 fully saturated rings. The molecule has 0 bridgehead atoms. The van der Waals surface area contributed by atoms with E-state index in [9.17, 15) is 4.39 Å². The van der Waals surface area contributed by atoms with Gasteiger partial charge in [-0.05, 0) is 29.8 Å². The van der Waals surface area contributed by atoms with Gasteiger partial charge in [0.2, 0.25) is 0 Å². The first kappa shape index (κ1) is 17.5. The fourth-order valence-corrected chi connectivity index (χ4v) is 3.85. The molecule has 4 nitrogen and oxygen atoms in total. The molecule has 136 valence electrons. The molecule has 0 spiro atoms. The highest BCUT2D eigenvalue weighted by Gasteiger charge is 2.13.